The van der Waals surface area contributed by atoms with Crippen LogP contribution in [0, 0.1) is 0 Å². The van der Waals surface area contributed by atoms with Crippen molar-refractivity contribution in [3.05, 3.63) is 78.3 Å². The second-order valence-electron chi connectivity index (χ2n) is 6.31. The lowest BCUT2D eigenvalue weighted by molar-refractivity contribution is 0.0701. The average molecular weight is 376 g/mol. The Kier molecular flexibility index (Phi) is 5.49. The predicted octanol–water partition coefficient (Wildman–Crippen LogP) is 4.09. The fourth-order valence-corrected chi connectivity index (χ4v) is 2.93. The van der Waals surface area contributed by atoms with Crippen LogP contribution in [0.5, 0.6) is 5.75 Å². The van der Waals surface area contributed by atoms with Gasteiger partial charge in [-0.15, -0.1) is 0 Å². The van der Waals surface area contributed by atoms with Crippen LogP contribution in [-0.4, -0.2) is 38.5 Å². The summed E-state index contributed by atoms with van der Waals surface area (Å²) in [5.41, 5.74) is 2.87. The summed E-state index contributed by atoms with van der Waals surface area (Å²) in [4.78, 5) is 18.8. The molecule has 1 fully saturated rings. The van der Waals surface area contributed by atoms with E-state index in [9.17, 15) is 4.79 Å². The maximum Gasteiger partial charge on any atom is 0.379 e. The number of furan rings is 1. The second-order valence-corrected chi connectivity index (χ2v) is 6.31. The SMILES string of the molecule is O=C(Oc1cccc(C=Nc2ccc(N3CCOCC3)cc2)c1)c1ccco1. The van der Waals surface area contributed by atoms with Gasteiger partial charge in [-0.1, -0.05) is 12.1 Å². The summed E-state index contributed by atoms with van der Waals surface area (Å²) in [6.07, 6.45) is 3.18. The monoisotopic (exact) mass is 376 g/mol. The number of ether oxygens (including phenoxy) is 2. The minimum absolute atomic E-state index is 0.166. The van der Waals surface area contributed by atoms with Crippen molar-refractivity contribution in [2.45, 2.75) is 0 Å². The van der Waals surface area contributed by atoms with E-state index in [2.05, 4.69) is 22.0 Å². The highest BCUT2D eigenvalue weighted by molar-refractivity contribution is 5.88. The molecule has 4 rings (SSSR count). The zero-order valence-corrected chi connectivity index (χ0v) is 15.3. The molecule has 6 heteroatoms. The molecule has 0 amide bonds. The Hall–Kier alpha value is -3.38. The Morgan fingerprint density at radius 1 is 1.04 bits per heavy atom. The molecule has 2 aromatic carbocycles. The molecule has 0 bridgehead atoms. The van der Waals surface area contributed by atoms with Crippen LogP contribution in [0.4, 0.5) is 11.4 Å². The van der Waals surface area contributed by atoms with Crippen LogP contribution in [0.15, 0.2) is 76.3 Å². The largest absolute Gasteiger partial charge is 0.457 e. The van der Waals surface area contributed by atoms with Crippen LogP contribution in [0.2, 0.25) is 0 Å². The lowest BCUT2D eigenvalue weighted by Gasteiger charge is -2.28. The van der Waals surface area contributed by atoms with E-state index < -0.39 is 5.97 Å². The van der Waals surface area contributed by atoms with Crippen LogP contribution in [0.3, 0.4) is 0 Å². The van der Waals surface area contributed by atoms with Crippen molar-refractivity contribution in [3.8, 4) is 5.75 Å². The van der Waals surface area contributed by atoms with Crippen LogP contribution < -0.4 is 9.64 Å². The topological polar surface area (TPSA) is 64.3 Å². The van der Waals surface area contributed by atoms with Crippen LogP contribution in [-0.2, 0) is 4.74 Å². The number of esters is 1. The third kappa shape index (κ3) is 4.47. The fraction of sp³-hybridized carbons (Fsp3) is 0.182. The first kappa shape index (κ1) is 18.0. The standard InChI is InChI=1S/C22H20N2O4/c25-22(21-5-2-12-27-21)28-20-4-1-3-17(15-20)16-23-18-6-8-19(9-7-18)24-10-13-26-14-11-24/h1-9,12,15-16H,10-11,13-14H2. The third-order valence-electron chi connectivity index (χ3n) is 4.38. The number of anilines is 1. The maximum atomic E-state index is 12.0. The molecule has 2 heterocycles. The molecular weight excluding hydrogens is 356 g/mol. The smallest absolute Gasteiger partial charge is 0.379 e. The normalized spacial score (nSPS) is 14.4. The van der Waals surface area contributed by atoms with E-state index in [1.807, 2.05) is 24.3 Å². The van der Waals surface area contributed by atoms with Crippen molar-refractivity contribution in [2.24, 2.45) is 4.99 Å². The number of rotatable bonds is 5. The lowest BCUT2D eigenvalue weighted by Crippen LogP contribution is -2.36. The van der Waals surface area contributed by atoms with Gasteiger partial charge in [0.05, 0.1) is 25.2 Å². The van der Waals surface area contributed by atoms with Gasteiger partial charge >= 0.3 is 5.97 Å². The molecule has 0 saturated carbocycles. The van der Waals surface area contributed by atoms with Crippen molar-refractivity contribution in [3.63, 3.8) is 0 Å². The molecule has 1 aromatic heterocycles. The van der Waals surface area contributed by atoms with Crippen LogP contribution in [0.25, 0.3) is 0 Å². The van der Waals surface area contributed by atoms with E-state index in [0.717, 1.165) is 37.6 Å². The number of hydrogen-bond donors (Lipinski definition) is 0. The molecule has 0 spiro atoms. The first-order valence-electron chi connectivity index (χ1n) is 9.10. The molecule has 6 nitrogen and oxygen atoms in total. The zero-order chi connectivity index (χ0) is 19.2. The second kappa shape index (κ2) is 8.54. The van der Waals surface area contributed by atoms with Gasteiger partial charge in [0.2, 0.25) is 5.76 Å². The Morgan fingerprint density at radius 2 is 1.86 bits per heavy atom. The molecule has 3 aromatic rings. The van der Waals surface area contributed by atoms with Gasteiger partial charge in [0, 0.05) is 25.0 Å². The number of carbonyl (C=O) groups excluding carboxylic acids is 1. The molecule has 142 valence electrons. The molecule has 28 heavy (non-hydrogen) atoms. The van der Waals surface area contributed by atoms with Crippen molar-refractivity contribution in [2.75, 3.05) is 31.2 Å². The summed E-state index contributed by atoms with van der Waals surface area (Å²) in [7, 11) is 0. The van der Waals surface area contributed by atoms with E-state index in [1.54, 1.807) is 30.5 Å². The predicted molar refractivity (Wildman–Crippen MR) is 107 cm³/mol. The highest BCUT2D eigenvalue weighted by Gasteiger charge is 2.12. The minimum Gasteiger partial charge on any atom is -0.457 e. The van der Waals surface area contributed by atoms with E-state index in [0.29, 0.717) is 5.75 Å². The number of hydrogen-bond acceptors (Lipinski definition) is 6. The number of morpholine rings is 1. The summed E-state index contributed by atoms with van der Waals surface area (Å²) in [5.74, 6) is 0.0743. The Morgan fingerprint density at radius 3 is 2.61 bits per heavy atom. The molecule has 0 unspecified atom stereocenters. The molecule has 1 saturated heterocycles. The van der Waals surface area contributed by atoms with Gasteiger partial charge in [-0.3, -0.25) is 4.99 Å². The molecule has 1 aliphatic heterocycles. The Balaban J connectivity index is 1.41. The van der Waals surface area contributed by atoms with Crippen molar-refractivity contribution >= 4 is 23.6 Å². The molecule has 0 N–H and O–H groups in total. The van der Waals surface area contributed by atoms with E-state index >= 15 is 0 Å². The molecule has 0 atom stereocenters. The van der Waals surface area contributed by atoms with Crippen LogP contribution in [0.1, 0.15) is 16.1 Å². The van der Waals surface area contributed by atoms with Gasteiger partial charge in [0.15, 0.2) is 0 Å². The van der Waals surface area contributed by atoms with Crippen molar-refractivity contribution in [1.29, 1.82) is 0 Å². The summed E-state index contributed by atoms with van der Waals surface area (Å²) >= 11 is 0. The third-order valence-corrected chi connectivity index (χ3v) is 4.38. The summed E-state index contributed by atoms with van der Waals surface area (Å²) in [5, 5.41) is 0. The van der Waals surface area contributed by atoms with Gasteiger partial charge in [-0.05, 0) is 54.1 Å². The molecule has 1 aliphatic rings. The number of nitrogens with zero attached hydrogens (tertiary/aromatic N) is 2. The van der Waals surface area contributed by atoms with Crippen molar-refractivity contribution in [1.82, 2.24) is 0 Å². The Labute approximate surface area is 163 Å². The van der Waals surface area contributed by atoms with Gasteiger partial charge in [0.1, 0.15) is 5.75 Å². The van der Waals surface area contributed by atoms with Gasteiger partial charge < -0.3 is 18.8 Å². The highest BCUT2D eigenvalue weighted by atomic mass is 16.5. The highest BCUT2D eigenvalue weighted by Crippen LogP contribution is 2.21. The zero-order valence-electron chi connectivity index (χ0n) is 15.3. The summed E-state index contributed by atoms with van der Waals surface area (Å²) in [6.45, 7) is 3.35. The fourth-order valence-electron chi connectivity index (χ4n) is 2.93. The van der Waals surface area contributed by atoms with E-state index in [-0.39, 0.29) is 5.76 Å². The molecule has 0 radical (unpaired) electrons. The Bertz CT molecular complexity index is 943. The first-order valence-corrected chi connectivity index (χ1v) is 9.10. The van der Waals surface area contributed by atoms with E-state index in [1.165, 1.54) is 12.0 Å². The van der Waals surface area contributed by atoms with E-state index in [4.69, 9.17) is 13.9 Å². The number of aliphatic imine (C=N–C) groups is 1. The summed E-state index contributed by atoms with van der Waals surface area (Å²) < 4.78 is 15.8. The van der Waals surface area contributed by atoms with Crippen LogP contribution >= 0.6 is 0 Å². The number of carbonyl (C=O) groups is 1. The molecule has 0 aliphatic carbocycles. The molecular formula is C22H20N2O4. The first-order chi connectivity index (χ1) is 13.8. The van der Waals surface area contributed by atoms with Gasteiger partial charge in [0.25, 0.3) is 0 Å². The quantitative estimate of drug-likeness (QED) is 0.381. The van der Waals surface area contributed by atoms with Gasteiger partial charge in [-0.25, -0.2) is 4.79 Å². The number of benzene rings is 2. The van der Waals surface area contributed by atoms with Gasteiger partial charge in [-0.2, -0.15) is 0 Å². The summed E-state index contributed by atoms with van der Waals surface area (Å²) in [6, 6.07) is 18.5. The lowest BCUT2D eigenvalue weighted by atomic mass is 10.2. The minimum atomic E-state index is -0.530. The average Bonchev–Trinajstić information content (AvgIpc) is 3.29. The maximum absolute atomic E-state index is 12.0. The van der Waals surface area contributed by atoms with Crippen molar-refractivity contribution < 1.29 is 18.7 Å².